The quantitative estimate of drug-likeness (QED) is 0.478. The van der Waals surface area contributed by atoms with Crippen molar-refractivity contribution in [2.75, 3.05) is 0 Å². The Morgan fingerprint density at radius 1 is 0.750 bits per heavy atom. The number of fused-ring (bicyclic) bond motifs is 1. The van der Waals surface area contributed by atoms with Crippen molar-refractivity contribution in [2.24, 2.45) is 17.8 Å². The molecule has 0 aliphatic heterocycles. The lowest BCUT2D eigenvalue weighted by molar-refractivity contribution is 0.255. The van der Waals surface area contributed by atoms with Crippen LogP contribution in [-0.4, -0.2) is 0 Å². The van der Waals surface area contributed by atoms with Gasteiger partial charge >= 0.3 is 0 Å². The minimum Gasteiger partial charge on any atom is -0.204 e. The molecule has 1 atom stereocenters. The Kier molecular flexibility index (Phi) is 5.80. The largest absolute Gasteiger partial charge is 0.204 e. The Bertz CT molecular complexity index is 811. The summed E-state index contributed by atoms with van der Waals surface area (Å²) in [6.45, 7) is 2.37. The predicted octanol–water partition coefficient (Wildman–Crippen LogP) is 7.48. The van der Waals surface area contributed by atoms with Crippen LogP contribution in [-0.2, 0) is 12.8 Å². The molecular formula is C25H29F3. The number of benzene rings is 2. The zero-order valence-electron chi connectivity index (χ0n) is 16.6. The third kappa shape index (κ3) is 4.29. The van der Waals surface area contributed by atoms with Crippen molar-refractivity contribution in [1.82, 2.24) is 0 Å². The molecule has 1 saturated carbocycles. The van der Waals surface area contributed by atoms with Crippen LogP contribution in [0.25, 0.3) is 11.1 Å². The maximum absolute atomic E-state index is 13.6. The van der Waals surface area contributed by atoms with Crippen LogP contribution in [0.3, 0.4) is 0 Å². The zero-order valence-corrected chi connectivity index (χ0v) is 16.6. The van der Waals surface area contributed by atoms with E-state index in [1.54, 1.807) is 0 Å². The summed E-state index contributed by atoms with van der Waals surface area (Å²) < 4.78 is 40.3. The molecule has 150 valence electrons. The lowest BCUT2D eigenvalue weighted by atomic mass is 9.76. The summed E-state index contributed by atoms with van der Waals surface area (Å²) in [5.41, 5.74) is 3.78. The zero-order chi connectivity index (χ0) is 19.7. The molecule has 0 radical (unpaired) electrons. The van der Waals surface area contributed by atoms with Gasteiger partial charge in [-0.1, -0.05) is 57.2 Å². The average molecular weight is 387 g/mol. The first-order valence-corrected chi connectivity index (χ1v) is 10.8. The van der Waals surface area contributed by atoms with E-state index in [0.29, 0.717) is 5.56 Å². The number of halogens is 3. The van der Waals surface area contributed by atoms with Crippen LogP contribution in [0.4, 0.5) is 13.2 Å². The molecule has 0 amide bonds. The number of hydrogen-bond donors (Lipinski definition) is 0. The second kappa shape index (κ2) is 8.31. The fourth-order valence-electron chi connectivity index (χ4n) is 5.07. The highest BCUT2D eigenvalue weighted by Gasteiger charge is 2.23. The second-order valence-corrected chi connectivity index (χ2v) is 9.05. The summed E-state index contributed by atoms with van der Waals surface area (Å²) in [6, 6.07) is 8.20. The molecule has 0 spiro atoms. The van der Waals surface area contributed by atoms with Gasteiger partial charge in [0.15, 0.2) is 17.5 Å². The molecule has 28 heavy (non-hydrogen) atoms. The highest BCUT2D eigenvalue weighted by Crippen LogP contribution is 2.36. The Morgan fingerprint density at radius 3 is 2.14 bits per heavy atom. The average Bonchev–Trinajstić information content (AvgIpc) is 2.70. The van der Waals surface area contributed by atoms with Crippen LogP contribution in [0.2, 0.25) is 0 Å². The fourth-order valence-corrected chi connectivity index (χ4v) is 5.07. The van der Waals surface area contributed by atoms with Crippen LogP contribution in [0.5, 0.6) is 0 Å². The monoisotopic (exact) mass is 386 g/mol. The number of aryl methyl sites for hydroxylation is 1. The Hall–Kier alpha value is -1.77. The van der Waals surface area contributed by atoms with E-state index in [2.05, 4.69) is 13.0 Å². The highest BCUT2D eigenvalue weighted by atomic mass is 19.2. The van der Waals surface area contributed by atoms with Gasteiger partial charge < -0.3 is 0 Å². The normalized spacial score (nSPS) is 24.8. The van der Waals surface area contributed by atoms with E-state index < -0.39 is 17.5 Å². The SMILES string of the molecule is CC1CCC(CCC2CCc3cc(-c4cc(F)c(F)c(F)c4)ccc3C2)CC1. The summed E-state index contributed by atoms with van der Waals surface area (Å²) in [4.78, 5) is 0. The first-order chi connectivity index (χ1) is 13.5. The molecule has 2 aromatic carbocycles. The Morgan fingerprint density at radius 2 is 1.43 bits per heavy atom. The Balaban J connectivity index is 1.40. The lowest BCUT2D eigenvalue weighted by Crippen LogP contribution is -2.17. The topological polar surface area (TPSA) is 0 Å². The number of hydrogen-bond acceptors (Lipinski definition) is 0. The van der Waals surface area contributed by atoms with E-state index in [4.69, 9.17) is 0 Å². The van der Waals surface area contributed by atoms with E-state index in [1.165, 1.54) is 56.1 Å². The van der Waals surface area contributed by atoms with E-state index >= 15 is 0 Å². The van der Waals surface area contributed by atoms with Crippen molar-refractivity contribution in [2.45, 2.75) is 64.7 Å². The van der Waals surface area contributed by atoms with Gasteiger partial charge in [0.25, 0.3) is 0 Å². The third-order valence-electron chi connectivity index (χ3n) is 6.97. The van der Waals surface area contributed by atoms with Crippen molar-refractivity contribution in [3.8, 4) is 11.1 Å². The second-order valence-electron chi connectivity index (χ2n) is 9.05. The summed E-state index contributed by atoms with van der Waals surface area (Å²) >= 11 is 0. The van der Waals surface area contributed by atoms with Gasteiger partial charge in [-0.2, -0.15) is 0 Å². The molecule has 0 nitrogen and oxygen atoms in total. The molecule has 0 bridgehead atoms. The summed E-state index contributed by atoms with van der Waals surface area (Å²) in [5.74, 6) is -1.09. The van der Waals surface area contributed by atoms with Gasteiger partial charge in [0.1, 0.15) is 0 Å². The molecule has 0 N–H and O–H groups in total. The summed E-state index contributed by atoms with van der Waals surface area (Å²) in [7, 11) is 0. The molecule has 1 fully saturated rings. The van der Waals surface area contributed by atoms with Crippen LogP contribution >= 0.6 is 0 Å². The van der Waals surface area contributed by atoms with Crippen molar-refractivity contribution in [3.05, 3.63) is 58.9 Å². The summed E-state index contributed by atoms with van der Waals surface area (Å²) in [5, 5.41) is 0. The van der Waals surface area contributed by atoms with E-state index in [1.807, 2.05) is 12.1 Å². The first kappa shape index (κ1) is 19.5. The molecule has 2 aliphatic rings. The van der Waals surface area contributed by atoms with Crippen LogP contribution in [0, 0.1) is 35.2 Å². The first-order valence-electron chi connectivity index (χ1n) is 10.8. The van der Waals surface area contributed by atoms with Gasteiger partial charge in [0.2, 0.25) is 0 Å². The van der Waals surface area contributed by atoms with Gasteiger partial charge in [-0.05, 0) is 77.8 Å². The van der Waals surface area contributed by atoms with E-state index in [9.17, 15) is 13.2 Å². The van der Waals surface area contributed by atoms with Gasteiger partial charge in [-0.3, -0.25) is 0 Å². The van der Waals surface area contributed by atoms with Crippen LogP contribution < -0.4 is 0 Å². The van der Waals surface area contributed by atoms with Crippen LogP contribution in [0.1, 0.15) is 63.0 Å². The van der Waals surface area contributed by atoms with Gasteiger partial charge in [-0.25, -0.2) is 13.2 Å². The number of rotatable bonds is 4. The van der Waals surface area contributed by atoms with Crippen molar-refractivity contribution in [3.63, 3.8) is 0 Å². The lowest BCUT2D eigenvalue weighted by Gasteiger charge is -2.29. The van der Waals surface area contributed by atoms with Gasteiger partial charge in [-0.15, -0.1) is 0 Å². The molecular weight excluding hydrogens is 357 g/mol. The minimum absolute atomic E-state index is 0.396. The Labute approximate surface area is 166 Å². The smallest absolute Gasteiger partial charge is 0.194 e. The predicted molar refractivity (Wildman–Crippen MR) is 108 cm³/mol. The molecule has 0 aromatic heterocycles. The van der Waals surface area contributed by atoms with Gasteiger partial charge in [0, 0.05) is 0 Å². The minimum atomic E-state index is -1.41. The molecule has 2 aliphatic carbocycles. The molecule has 4 rings (SSSR count). The van der Waals surface area contributed by atoms with Crippen LogP contribution in [0.15, 0.2) is 30.3 Å². The third-order valence-corrected chi connectivity index (χ3v) is 6.97. The standard InChI is InChI=1S/C25H29F3/c1-16-2-4-17(5-3-16)6-7-18-8-9-20-13-21(11-10-19(20)12-18)22-14-23(26)25(28)24(27)15-22/h10-11,13-18H,2-9,12H2,1H3. The van der Waals surface area contributed by atoms with Crippen molar-refractivity contribution in [1.29, 1.82) is 0 Å². The molecule has 1 unspecified atom stereocenters. The van der Waals surface area contributed by atoms with E-state index in [0.717, 1.165) is 48.3 Å². The maximum Gasteiger partial charge on any atom is 0.194 e. The fraction of sp³-hybridized carbons (Fsp3) is 0.520. The van der Waals surface area contributed by atoms with Crippen molar-refractivity contribution >= 4 is 0 Å². The van der Waals surface area contributed by atoms with Crippen molar-refractivity contribution < 1.29 is 13.2 Å². The molecule has 0 saturated heterocycles. The van der Waals surface area contributed by atoms with E-state index in [-0.39, 0.29) is 0 Å². The maximum atomic E-state index is 13.6. The molecule has 2 aromatic rings. The molecule has 3 heteroatoms. The van der Waals surface area contributed by atoms with Gasteiger partial charge in [0.05, 0.1) is 0 Å². The molecule has 0 heterocycles. The summed E-state index contributed by atoms with van der Waals surface area (Å²) in [6.07, 6.45) is 11.6. The highest BCUT2D eigenvalue weighted by molar-refractivity contribution is 5.65.